The Kier molecular flexibility index (Phi) is 3.36. The van der Waals surface area contributed by atoms with E-state index in [-0.39, 0.29) is 24.3 Å². The number of amides is 3. The van der Waals surface area contributed by atoms with Crippen LogP contribution in [0.4, 0.5) is 4.39 Å². The van der Waals surface area contributed by atoms with Crippen LogP contribution in [0.2, 0.25) is 0 Å². The molecule has 2 N–H and O–H groups in total. The Bertz CT molecular complexity index is 516. The second-order valence-corrected chi connectivity index (χ2v) is 3.96. The predicted molar refractivity (Wildman–Crippen MR) is 60.0 cm³/mol. The van der Waals surface area contributed by atoms with E-state index < -0.39 is 23.7 Å². The van der Waals surface area contributed by atoms with E-state index in [0.717, 1.165) is 0 Å². The number of carbonyl (C=O) groups is 3. The van der Waals surface area contributed by atoms with Crippen LogP contribution in [0, 0.1) is 5.82 Å². The van der Waals surface area contributed by atoms with Gasteiger partial charge in [0.2, 0.25) is 11.8 Å². The lowest BCUT2D eigenvalue weighted by molar-refractivity contribution is -0.134. The largest absolute Gasteiger partial charge is 0.340 e. The summed E-state index contributed by atoms with van der Waals surface area (Å²) in [6.07, 6.45) is 0.388. The van der Waals surface area contributed by atoms with Crippen molar-refractivity contribution in [2.45, 2.75) is 18.9 Å². The number of hydrogen-bond donors (Lipinski definition) is 2. The van der Waals surface area contributed by atoms with E-state index in [1.165, 1.54) is 24.3 Å². The first-order chi connectivity index (χ1) is 8.58. The topological polar surface area (TPSA) is 75.3 Å². The zero-order valence-corrected chi connectivity index (χ0v) is 9.40. The molecule has 0 aromatic heterocycles. The van der Waals surface area contributed by atoms with Crippen molar-refractivity contribution in [1.29, 1.82) is 0 Å². The number of nitrogens with one attached hydrogen (secondary N) is 2. The molecule has 0 aliphatic carbocycles. The highest BCUT2D eigenvalue weighted by Crippen LogP contribution is 2.09. The zero-order chi connectivity index (χ0) is 13.1. The van der Waals surface area contributed by atoms with Crippen molar-refractivity contribution >= 4 is 17.7 Å². The molecule has 2 rings (SSSR count). The molecule has 1 fully saturated rings. The molecule has 0 saturated carbocycles. The molecule has 0 radical (unpaired) electrons. The van der Waals surface area contributed by atoms with Gasteiger partial charge in [-0.25, -0.2) is 4.39 Å². The highest BCUT2D eigenvalue weighted by Gasteiger charge is 2.28. The summed E-state index contributed by atoms with van der Waals surface area (Å²) in [4.78, 5) is 34.1. The minimum atomic E-state index is -0.796. The standard InChI is InChI=1S/C12H11FN2O3/c13-8-4-2-1-3-7(8)11(17)14-9-5-6-10(16)15-12(9)18/h1-4,9H,5-6H2,(H,14,17)(H,15,16,18). The molecular weight excluding hydrogens is 239 g/mol. The van der Waals surface area contributed by atoms with Crippen LogP contribution in [0.5, 0.6) is 0 Å². The molecule has 1 heterocycles. The van der Waals surface area contributed by atoms with Crippen LogP contribution in [-0.4, -0.2) is 23.8 Å². The van der Waals surface area contributed by atoms with Crippen LogP contribution in [-0.2, 0) is 9.59 Å². The third-order valence-electron chi connectivity index (χ3n) is 2.66. The molecule has 18 heavy (non-hydrogen) atoms. The fourth-order valence-electron chi connectivity index (χ4n) is 1.71. The van der Waals surface area contributed by atoms with Gasteiger partial charge in [-0.1, -0.05) is 12.1 Å². The Morgan fingerprint density at radius 3 is 2.72 bits per heavy atom. The van der Waals surface area contributed by atoms with Gasteiger partial charge in [0.05, 0.1) is 5.56 Å². The summed E-state index contributed by atoms with van der Waals surface area (Å²) in [5.41, 5.74) is -0.123. The third kappa shape index (κ3) is 2.53. The van der Waals surface area contributed by atoms with Gasteiger partial charge in [-0.2, -0.15) is 0 Å². The molecule has 1 aliphatic rings. The van der Waals surface area contributed by atoms with E-state index >= 15 is 0 Å². The number of piperidine rings is 1. The van der Waals surface area contributed by atoms with Crippen LogP contribution < -0.4 is 10.6 Å². The molecule has 1 saturated heterocycles. The molecular formula is C12H11FN2O3. The van der Waals surface area contributed by atoms with Crippen molar-refractivity contribution in [3.8, 4) is 0 Å². The summed E-state index contributed by atoms with van der Waals surface area (Å²) in [6, 6.07) is 4.70. The van der Waals surface area contributed by atoms with Gasteiger partial charge in [0.1, 0.15) is 11.9 Å². The number of carbonyl (C=O) groups excluding carboxylic acids is 3. The molecule has 5 nitrogen and oxygen atoms in total. The highest BCUT2D eigenvalue weighted by molar-refractivity contribution is 6.03. The van der Waals surface area contributed by atoms with Gasteiger partial charge in [-0.05, 0) is 18.6 Å². The van der Waals surface area contributed by atoms with Crippen molar-refractivity contribution < 1.29 is 18.8 Å². The van der Waals surface area contributed by atoms with Crippen LogP contribution in [0.1, 0.15) is 23.2 Å². The molecule has 1 aromatic rings. The fourth-order valence-corrected chi connectivity index (χ4v) is 1.71. The van der Waals surface area contributed by atoms with Crippen LogP contribution in [0.25, 0.3) is 0 Å². The van der Waals surface area contributed by atoms with E-state index in [2.05, 4.69) is 10.6 Å². The SMILES string of the molecule is O=C1CCC(NC(=O)c2ccccc2F)C(=O)N1. The van der Waals surface area contributed by atoms with Crippen molar-refractivity contribution in [3.05, 3.63) is 35.6 Å². The van der Waals surface area contributed by atoms with Gasteiger partial charge in [0, 0.05) is 6.42 Å². The van der Waals surface area contributed by atoms with Crippen molar-refractivity contribution in [2.24, 2.45) is 0 Å². The summed E-state index contributed by atoms with van der Waals surface area (Å²) < 4.78 is 13.3. The maximum atomic E-state index is 13.3. The Labute approximate surface area is 102 Å². The summed E-state index contributed by atoms with van der Waals surface area (Å²) in [6.45, 7) is 0. The number of imide groups is 1. The maximum Gasteiger partial charge on any atom is 0.254 e. The van der Waals surface area contributed by atoms with E-state index in [1.54, 1.807) is 0 Å². The number of rotatable bonds is 2. The summed E-state index contributed by atoms with van der Waals surface area (Å²) >= 11 is 0. The zero-order valence-electron chi connectivity index (χ0n) is 9.40. The highest BCUT2D eigenvalue weighted by atomic mass is 19.1. The Hall–Kier alpha value is -2.24. The fraction of sp³-hybridized carbons (Fsp3) is 0.250. The second-order valence-electron chi connectivity index (χ2n) is 3.96. The average molecular weight is 250 g/mol. The van der Waals surface area contributed by atoms with Gasteiger partial charge in [-0.3, -0.25) is 19.7 Å². The van der Waals surface area contributed by atoms with Gasteiger partial charge in [0.25, 0.3) is 5.91 Å². The number of benzene rings is 1. The van der Waals surface area contributed by atoms with Crippen molar-refractivity contribution in [1.82, 2.24) is 10.6 Å². The van der Waals surface area contributed by atoms with Crippen LogP contribution >= 0.6 is 0 Å². The van der Waals surface area contributed by atoms with Gasteiger partial charge in [0.15, 0.2) is 0 Å². The van der Waals surface area contributed by atoms with Crippen molar-refractivity contribution in [3.63, 3.8) is 0 Å². The quantitative estimate of drug-likeness (QED) is 0.744. The first-order valence-electron chi connectivity index (χ1n) is 5.47. The first-order valence-corrected chi connectivity index (χ1v) is 5.47. The molecule has 1 aliphatic heterocycles. The lowest BCUT2D eigenvalue weighted by atomic mass is 10.1. The molecule has 1 atom stereocenters. The number of halogens is 1. The Morgan fingerprint density at radius 1 is 1.33 bits per heavy atom. The molecule has 0 spiro atoms. The molecule has 6 heteroatoms. The normalized spacial score (nSPS) is 19.3. The molecule has 1 unspecified atom stereocenters. The monoisotopic (exact) mass is 250 g/mol. The van der Waals surface area contributed by atoms with E-state index in [0.29, 0.717) is 0 Å². The van der Waals surface area contributed by atoms with E-state index in [9.17, 15) is 18.8 Å². The lowest BCUT2D eigenvalue weighted by Gasteiger charge is -2.21. The average Bonchev–Trinajstić information content (AvgIpc) is 2.33. The minimum absolute atomic E-state index is 0.123. The summed E-state index contributed by atoms with van der Waals surface area (Å²) in [5.74, 6) is -2.24. The Balaban J connectivity index is 2.06. The van der Waals surface area contributed by atoms with Crippen LogP contribution in [0.15, 0.2) is 24.3 Å². The number of hydrogen-bond acceptors (Lipinski definition) is 3. The minimum Gasteiger partial charge on any atom is -0.340 e. The Morgan fingerprint density at radius 2 is 2.06 bits per heavy atom. The molecule has 3 amide bonds. The van der Waals surface area contributed by atoms with E-state index in [1.807, 2.05) is 0 Å². The third-order valence-corrected chi connectivity index (χ3v) is 2.66. The van der Waals surface area contributed by atoms with E-state index in [4.69, 9.17) is 0 Å². The summed E-state index contributed by atoms with van der Waals surface area (Å²) in [5, 5.41) is 4.52. The lowest BCUT2D eigenvalue weighted by Crippen LogP contribution is -2.52. The first kappa shape index (κ1) is 12.2. The van der Waals surface area contributed by atoms with Crippen LogP contribution in [0.3, 0.4) is 0 Å². The van der Waals surface area contributed by atoms with Gasteiger partial charge < -0.3 is 5.32 Å². The van der Waals surface area contributed by atoms with Gasteiger partial charge >= 0.3 is 0 Å². The molecule has 0 bridgehead atoms. The maximum absolute atomic E-state index is 13.3. The summed E-state index contributed by atoms with van der Waals surface area (Å²) in [7, 11) is 0. The predicted octanol–water partition coefficient (Wildman–Crippen LogP) is 0.361. The smallest absolute Gasteiger partial charge is 0.254 e. The second kappa shape index (κ2) is 4.95. The molecule has 1 aromatic carbocycles. The molecule has 94 valence electrons. The van der Waals surface area contributed by atoms with Gasteiger partial charge in [-0.15, -0.1) is 0 Å². The van der Waals surface area contributed by atoms with Crippen molar-refractivity contribution in [2.75, 3.05) is 0 Å².